The van der Waals surface area contributed by atoms with E-state index in [4.69, 9.17) is 9.47 Å². The lowest BCUT2D eigenvalue weighted by Crippen LogP contribution is -2.42. The molecule has 0 fully saturated rings. The zero-order chi connectivity index (χ0) is 28.9. The number of amides is 2. The van der Waals surface area contributed by atoms with Crippen LogP contribution in [-0.4, -0.2) is 61.4 Å². The zero-order valence-corrected chi connectivity index (χ0v) is 21.8. The molecule has 0 N–H and O–H groups in total. The Morgan fingerprint density at radius 3 is 2.27 bits per heavy atom. The van der Waals surface area contributed by atoms with Crippen LogP contribution < -0.4 is 4.74 Å². The predicted octanol–water partition coefficient (Wildman–Crippen LogP) is 5.32. The van der Waals surface area contributed by atoms with Gasteiger partial charge in [0.15, 0.2) is 0 Å². The normalized spacial score (nSPS) is 15.1. The van der Waals surface area contributed by atoms with E-state index in [0.29, 0.717) is 11.5 Å². The lowest BCUT2D eigenvalue weighted by molar-refractivity contribution is -0.137. The molecule has 0 bridgehead atoms. The first-order chi connectivity index (χ1) is 19.1. The summed E-state index contributed by atoms with van der Waals surface area (Å²) in [5, 5.41) is 5.68. The first-order valence-electron chi connectivity index (χ1n) is 12.4. The number of ether oxygens (including phenoxy) is 2. The molecular formula is C29H27F4N3O4. The SMILES string of the molecule is COCCN(CC(=O)N1N=C(c2ccccc2F)C[C@@H]1c1ccc(OC)cc1)C(=O)c1ccc(C(F)(F)F)cc1. The van der Waals surface area contributed by atoms with Gasteiger partial charge in [-0.2, -0.15) is 18.3 Å². The quantitative estimate of drug-likeness (QED) is 0.334. The molecule has 1 aliphatic rings. The monoisotopic (exact) mass is 557 g/mol. The van der Waals surface area contributed by atoms with E-state index in [1.807, 2.05) is 0 Å². The van der Waals surface area contributed by atoms with Crippen LogP contribution in [0.5, 0.6) is 5.75 Å². The van der Waals surface area contributed by atoms with Crippen molar-refractivity contribution in [3.8, 4) is 5.75 Å². The maximum Gasteiger partial charge on any atom is 0.416 e. The molecule has 4 rings (SSSR count). The maximum atomic E-state index is 14.6. The summed E-state index contributed by atoms with van der Waals surface area (Å²) < 4.78 is 63.9. The molecule has 1 heterocycles. The second kappa shape index (κ2) is 12.3. The second-order valence-corrected chi connectivity index (χ2v) is 9.05. The Morgan fingerprint density at radius 2 is 1.68 bits per heavy atom. The van der Waals surface area contributed by atoms with E-state index in [2.05, 4.69) is 5.10 Å². The van der Waals surface area contributed by atoms with Crippen LogP contribution in [0, 0.1) is 5.82 Å². The van der Waals surface area contributed by atoms with E-state index in [9.17, 15) is 27.2 Å². The van der Waals surface area contributed by atoms with Crippen molar-refractivity contribution in [2.45, 2.75) is 18.6 Å². The zero-order valence-electron chi connectivity index (χ0n) is 21.8. The summed E-state index contributed by atoms with van der Waals surface area (Å²) in [6, 6.07) is 16.3. The number of nitrogens with zero attached hydrogens (tertiary/aromatic N) is 3. The number of hydrogen-bond donors (Lipinski definition) is 0. The van der Waals surface area contributed by atoms with E-state index in [0.717, 1.165) is 29.8 Å². The van der Waals surface area contributed by atoms with Crippen molar-refractivity contribution in [1.82, 2.24) is 9.91 Å². The highest BCUT2D eigenvalue weighted by atomic mass is 19.4. The smallest absolute Gasteiger partial charge is 0.416 e. The second-order valence-electron chi connectivity index (χ2n) is 9.05. The molecule has 40 heavy (non-hydrogen) atoms. The van der Waals surface area contributed by atoms with Gasteiger partial charge in [0.1, 0.15) is 18.1 Å². The standard InChI is InChI=1S/C29H27F4N3O4/c1-39-16-15-35(28(38)20-7-11-21(12-8-20)29(31,32)33)18-27(37)36-26(19-9-13-22(40-2)14-10-19)17-25(34-36)23-5-3-4-6-24(23)30/h3-14,26H,15-18H2,1-2H3/t26-/m1/s1. The van der Waals surface area contributed by atoms with Gasteiger partial charge in [0, 0.05) is 31.2 Å². The molecule has 11 heteroatoms. The number of hydrazone groups is 1. The molecule has 0 aromatic heterocycles. The summed E-state index contributed by atoms with van der Waals surface area (Å²) in [6.07, 6.45) is -4.32. The van der Waals surface area contributed by atoms with Gasteiger partial charge in [-0.05, 0) is 48.0 Å². The first kappa shape index (κ1) is 28.8. The maximum absolute atomic E-state index is 14.6. The minimum Gasteiger partial charge on any atom is -0.497 e. The molecule has 0 aliphatic carbocycles. The summed E-state index contributed by atoms with van der Waals surface area (Å²) in [5.41, 5.74) is 0.443. The van der Waals surface area contributed by atoms with Crippen LogP contribution in [0.1, 0.15) is 39.5 Å². The summed E-state index contributed by atoms with van der Waals surface area (Å²) in [6.45, 7) is -0.331. The molecule has 1 aliphatic heterocycles. The van der Waals surface area contributed by atoms with Crippen molar-refractivity contribution in [3.63, 3.8) is 0 Å². The Balaban J connectivity index is 1.62. The van der Waals surface area contributed by atoms with Gasteiger partial charge in [-0.3, -0.25) is 9.59 Å². The van der Waals surface area contributed by atoms with Crippen LogP contribution >= 0.6 is 0 Å². The molecule has 2 amide bonds. The highest BCUT2D eigenvalue weighted by Crippen LogP contribution is 2.34. The van der Waals surface area contributed by atoms with Crippen molar-refractivity contribution in [2.24, 2.45) is 5.10 Å². The Hall–Kier alpha value is -4.25. The van der Waals surface area contributed by atoms with Crippen LogP contribution in [0.3, 0.4) is 0 Å². The van der Waals surface area contributed by atoms with Gasteiger partial charge in [-0.15, -0.1) is 0 Å². The minimum absolute atomic E-state index is 0.00697. The third kappa shape index (κ3) is 6.48. The lowest BCUT2D eigenvalue weighted by Gasteiger charge is -2.27. The van der Waals surface area contributed by atoms with Gasteiger partial charge in [0.2, 0.25) is 0 Å². The molecule has 0 radical (unpaired) electrons. The topological polar surface area (TPSA) is 71.4 Å². The predicted molar refractivity (Wildman–Crippen MR) is 139 cm³/mol. The third-order valence-corrected chi connectivity index (χ3v) is 6.49. The fraction of sp³-hybridized carbons (Fsp3) is 0.276. The van der Waals surface area contributed by atoms with Gasteiger partial charge < -0.3 is 14.4 Å². The van der Waals surface area contributed by atoms with E-state index in [-0.39, 0.29) is 30.7 Å². The Kier molecular flexibility index (Phi) is 8.83. The largest absolute Gasteiger partial charge is 0.497 e. The average molecular weight is 558 g/mol. The number of alkyl halides is 3. The van der Waals surface area contributed by atoms with E-state index in [1.165, 1.54) is 30.2 Å². The van der Waals surface area contributed by atoms with Gasteiger partial charge >= 0.3 is 6.18 Å². The molecule has 210 valence electrons. The number of benzene rings is 3. The van der Waals surface area contributed by atoms with E-state index in [1.54, 1.807) is 42.5 Å². The number of methoxy groups -OCH3 is 2. The summed E-state index contributed by atoms with van der Waals surface area (Å²) >= 11 is 0. The highest BCUT2D eigenvalue weighted by Gasteiger charge is 2.35. The summed E-state index contributed by atoms with van der Waals surface area (Å²) in [5.74, 6) is -1.06. The fourth-order valence-corrected chi connectivity index (χ4v) is 4.36. The molecule has 0 saturated carbocycles. The molecule has 0 saturated heterocycles. The molecule has 3 aromatic carbocycles. The molecule has 7 nitrogen and oxygen atoms in total. The number of halogens is 4. The first-order valence-corrected chi connectivity index (χ1v) is 12.4. The lowest BCUT2D eigenvalue weighted by atomic mass is 9.98. The molecule has 0 unspecified atom stereocenters. The molecule has 1 atom stereocenters. The summed E-state index contributed by atoms with van der Waals surface area (Å²) in [7, 11) is 2.95. The van der Waals surface area contributed by atoms with Gasteiger partial charge in [0.05, 0.1) is 31.0 Å². The van der Waals surface area contributed by atoms with Crippen molar-refractivity contribution in [2.75, 3.05) is 33.9 Å². The van der Waals surface area contributed by atoms with E-state index >= 15 is 0 Å². The van der Waals surface area contributed by atoms with Gasteiger partial charge in [-0.1, -0.05) is 30.3 Å². The van der Waals surface area contributed by atoms with Crippen LogP contribution in [0.2, 0.25) is 0 Å². The number of carbonyl (C=O) groups excluding carboxylic acids is 2. The van der Waals surface area contributed by atoms with Crippen LogP contribution in [0.15, 0.2) is 77.9 Å². The van der Waals surface area contributed by atoms with Crippen molar-refractivity contribution >= 4 is 17.5 Å². The minimum atomic E-state index is -4.55. The highest BCUT2D eigenvalue weighted by molar-refractivity contribution is 6.04. The van der Waals surface area contributed by atoms with Crippen molar-refractivity contribution in [3.05, 3.63) is 101 Å². The van der Waals surface area contributed by atoms with Crippen LogP contribution in [0.4, 0.5) is 17.6 Å². The Morgan fingerprint density at radius 1 is 1.00 bits per heavy atom. The number of rotatable bonds is 9. The van der Waals surface area contributed by atoms with Crippen LogP contribution in [0.25, 0.3) is 0 Å². The molecule has 0 spiro atoms. The van der Waals surface area contributed by atoms with Gasteiger partial charge in [-0.25, -0.2) is 9.40 Å². The van der Waals surface area contributed by atoms with Crippen molar-refractivity contribution in [1.29, 1.82) is 0 Å². The number of hydrogen-bond acceptors (Lipinski definition) is 5. The number of carbonyl (C=O) groups is 2. The van der Waals surface area contributed by atoms with Crippen molar-refractivity contribution < 1.29 is 36.6 Å². The van der Waals surface area contributed by atoms with Crippen LogP contribution in [-0.2, 0) is 15.7 Å². The Bertz CT molecular complexity index is 1380. The summed E-state index contributed by atoms with van der Waals surface area (Å²) in [4.78, 5) is 28.1. The fourth-order valence-electron chi connectivity index (χ4n) is 4.36. The Labute approximate surface area is 228 Å². The van der Waals surface area contributed by atoms with Gasteiger partial charge in [0.25, 0.3) is 11.8 Å². The molecule has 3 aromatic rings. The molecular weight excluding hydrogens is 530 g/mol. The van der Waals surface area contributed by atoms with E-state index < -0.39 is 42.0 Å². The average Bonchev–Trinajstić information content (AvgIpc) is 3.40. The third-order valence-electron chi connectivity index (χ3n) is 6.49.